The van der Waals surface area contributed by atoms with E-state index in [2.05, 4.69) is 86.9 Å². The fraction of sp³-hybridized carbons (Fsp3) is 0.471. The van der Waals surface area contributed by atoms with Crippen molar-refractivity contribution in [3.8, 4) is 0 Å². The van der Waals surface area contributed by atoms with Crippen molar-refractivity contribution in [1.29, 1.82) is 0 Å². The summed E-state index contributed by atoms with van der Waals surface area (Å²) in [6.45, 7) is 8.90. The SMILES string of the molecule is CCCCCCC(C(=C=[N+]=[N-])CCCC)=C(c1ccc(CC)cc1)c1ccc(CCCC)cc1.[CH3-].[CH3-].[Ni+2]. The van der Waals surface area contributed by atoms with Crippen LogP contribution in [0, 0.1) is 14.9 Å². The Bertz CT molecular complexity index is 973. The van der Waals surface area contributed by atoms with E-state index >= 15 is 0 Å². The third-order valence-electron chi connectivity index (χ3n) is 6.62. The van der Waals surface area contributed by atoms with Gasteiger partial charge in [-0.15, -0.1) is 4.79 Å². The minimum atomic E-state index is 0. The number of benzene rings is 2. The van der Waals surface area contributed by atoms with Crippen molar-refractivity contribution in [2.75, 3.05) is 0 Å². The molecule has 206 valence electrons. The first kappa shape index (κ1) is 37.0. The first-order valence-electron chi connectivity index (χ1n) is 13.6. The summed E-state index contributed by atoms with van der Waals surface area (Å²) in [5.74, 6) is 2.98. The standard InChI is InChI=1S/C32H44N2.2CH3.Ni/c1-5-9-12-13-16-31(30(25-34-33)15-11-7-3)32(28-21-17-26(8-4)18-22-28)29-23-19-27(20-24-29)14-10-6-2;;;/h17-24H,5-16H2,1-4H3;2*1H3;/q;2*-1;+2. The monoisotopic (exact) mass is 544 g/mol. The first-order chi connectivity index (χ1) is 16.7. The van der Waals surface area contributed by atoms with Gasteiger partial charge < -0.3 is 20.4 Å². The Balaban J connectivity index is 0. The van der Waals surface area contributed by atoms with Crippen molar-refractivity contribution < 1.29 is 21.3 Å². The van der Waals surface area contributed by atoms with E-state index in [1.165, 1.54) is 65.5 Å². The Morgan fingerprint density at radius 2 is 1.22 bits per heavy atom. The van der Waals surface area contributed by atoms with E-state index in [1.807, 2.05) is 0 Å². The largest absolute Gasteiger partial charge is 2.00 e. The van der Waals surface area contributed by atoms with Crippen molar-refractivity contribution in [2.45, 2.75) is 105 Å². The molecule has 2 aromatic rings. The second-order valence-corrected chi connectivity index (χ2v) is 9.31. The summed E-state index contributed by atoms with van der Waals surface area (Å²) in [5, 5.41) is 0. The Labute approximate surface area is 239 Å². The van der Waals surface area contributed by atoms with E-state index in [0.717, 1.165) is 50.5 Å². The number of hydrogen-bond donors (Lipinski definition) is 0. The average Bonchev–Trinajstić information content (AvgIpc) is 2.88. The molecular formula is C34H50N2Ni. The van der Waals surface area contributed by atoms with E-state index in [0.29, 0.717) is 0 Å². The number of nitrogens with zero attached hydrogens (tertiary/aromatic N) is 2. The van der Waals surface area contributed by atoms with E-state index in [-0.39, 0.29) is 31.3 Å². The topological polar surface area (TPSA) is 36.4 Å². The molecule has 0 aliphatic rings. The Morgan fingerprint density at radius 1 is 0.676 bits per heavy atom. The van der Waals surface area contributed by atoms with Gasteiger partial charge in [-0.2, -0.15) is 0 Å². The van der Waals surface area contributed by atoms with Gasteiger partial charge in [0, 0.05) is 0 Å². The third kappa shape index (κ3) is 12.3. The van der Waals surface area contributed by atoms with Gasteiger partial charge in [0.25, 0.3) is 0 Å². The zero-order valence-electron chi connectivity index (χ0n) is 24.3. The van der Waals surface area contributed by atoms with Gasteiger partial charge in [-0.25, -0.2) is 0 Å². The smallest absolute Gasteiger partial charge is 0.358 e. The van der Waals surface area contributed by atoms with Gasteiger partial charge in [-0.1, -0.05) is 108 Å². The Hall–Kier alpha value is -2.17. The fourth-order valence-electron chi connectivity index (χ4n) is 4.48. The summed E-state index contributed by atoms with van der Waals surface area (Å²) in [7, 11) is 0. The normalized spacial score (nSPS) is 10.6. The van der Waals surface area contributed by atoms with Crippen LogP contribution in [0.3, 0.4) is 0 Å². The second kappa shape index (κ2) is 21.9. The van der Waals surface area contributed by atoms with Gasteiger partial charge in [-0.3, -0.25) is 0 Å². The maximum Gasteiger partial charge on any atom is 2.00 e. The number of rotatable bonds is 15. The van der Waals surface area contributed by atoms with E-state index in [4.69, 9.17) is 0 Å². The number of allylic oxidation sites excluding steroid dienone is 2. The van der Waals surface area contributed by atoms with Crippen molar-refractivity contribution in [3.63, 3.8) is 0 Å². The van der Waals surface area contributed by atoms with Crippen molar-refractivity contribution >= 4 is 11.4 Å². The van der Waals surface area contributed by atoms with Crippen LogP contribution < -0.4 is 0 Å². The molecule has 0 aromatic heterocycles. The van der Waals surface area contributed by atoms with Crippen LogP contribution in [-0.2, 0) is 29.3 Å². The van der Waals surface area contributed by atoms with E-state index < -0.39 is 0 Å². The molecule has 2 rings (SSSR count). The van der Waals surface area contributed by atoms with Crippen LogP contribution in [0.1, 0.15) is 114 Å². The minimum Gasteiger partial charge on any atom is -0.358 e. The number of hydrogen-bond acceptors (Lipinski definition) is 0. The van der Waals surface area contributed by atoms with Crippen LogP contribution in [0.25, 0.3) is 11.1 Å². The first-order valence-corrected chi connectivity index (χ1v) is 13.6. The van der Waals surface area contributed by atoms with Gasteiger partial charge in [-0.05, 0) is 78.3 Å². The summed E-state index contributed by atoms with van der Waals surface area (Å²) in [4.78, 5) is 3.38. The van der Waals surface area contributed by atoms with Crippen molar-refractivity contribution in [3.05, 3.63) is 102 Å². The number of unbranched alkanes of at least 4 members (excludes halogenated alkanes) is 5. The summed E-state index contributed by atoms with van der Waals surface area (Å²) in [6, 6.07) is 18.2. The fourth-order valence-corrected chi connectivity index (χ4v) is 4.48. The molecule has 37 heavy (non-hydrogen) atoms. The van der Waals surface area contributed by atoms with Crippen molar-refractivity contribution in [2.24, 2.45) is 0 Å². The zero-order chi connectivity index (χ0) is 24.6. The van der Waals surface area contributed by atoms with Crippen LogP contribution in [-0.4, -0.2) is 10.7 Å². The molecule has 0 amide bonds. The van der Waals surface area contributed by atoms with Crippen LogP contribution >= 0.6 is 0 Å². The average molecular weight is 545 g/mol. The summed E-state index contributed by atoms with van der Waals surface area (Å²) < 4.78 is 0. The maximum atomic E-state index is 9.48. The molecule has 0 saturated heterocycles. The second-order valence-electron chi connectivity index (χ2n) is 9.31. The molecule has 0 fully saturated rings. The molecule has 0 unspecified atom stereocenters. The molecule has 0 radical (unpaired) electrons. The maximum absolute atomic E-state index is 9.48. The van der Waals surface area contributed by atoms with Gasteiger partial charge in [0.2, 0.25) is 0 Å². The van der Waals surface area contributed by atoms with Crippen molar-refractivity contribution in [1.82, 2.24) is 0 Å². The molecule has 0 N–H and O–H groups in total. The van der Waals surface area contributed by atoms with Crippen LogP contribution in [0.5, 0.6) is 0 Å². The van der Waals surface area contributed by atoms with Crippen LogP contribution in [0.4, 0.5) is 0 Å². The summed E-state index contributed by atoms with van der Waals surface area (Å²) >= 11 is 0. The molecule has 0 heterocycles. The molecule has 2 nitrogen and oxygen atoms in total. The van der Waals surface area contributed by atoms with Crippen LogP contribution in [0.2, 0.25) is 0 Å². The number of aryl methyl sites for hydroxylation is 2. The van der Waals surface area contributed by atoms with E-state index in [1.54, 1.807) is 0 Å². The minimum absolute atomic E-state index is 0. The molecule has 0 bridgehead atoms. The summed E-state index contributed by atoms with van der Waals surface area (Å²) in [5.41, 5.74) is 18.3. The molecule has 0 spiro atoms. The summed E-state index contributed by atoms with van der Waals surface area (Å²) in [6.07, 6.45) is 13.5. The Kier molecular flexibility index (Phi) is 21.9. The Morgan fingerprint density at radius 3 is 1.70 bits per heavy atom. The van der Waals surface area contributed by atoms with E-state index in [9.17, 15) is 5.53 Å². The van der Waals surface area contributed by atoms with Gasteiger partial charge in [0.05, 0.1) is 5.57 Å². The van der Waals surface area contributed by atoms with Crippen LogP contribution in [0.15, 0.2) is 59.7 Å². The third-order valence-corrected chi connectivity index (χ3v) is 6.62. The van der Waals surface area contributed by atoms with Gasteiger partial charge >= 0.3 is 22.4 Å². The molecule has 2 aromatic carbocycles. The predicted octanol–water partition coefficient (Wildman–Crippen LogP) is 10.3. The molecule has 0 atom stereocenters. The van der Waals surface area contributed by atoms with Gasteiger partial charge in [0.15, 0.2) is 0 Å². The molecule has 3 heteroatoms. The van der Waals surface area contributed by atoms with Gasteiger partial charge in [0.1, 0.15) is 0 Å². The zero-order valence-corrected chi connectivity index (χ0v) is 25.3. The quantitative estimate of drug-likeness (QED) is 0.0406. The predicted molar refractivity (Wildman–Crippen MR) is 160 cm³/mol. The molecule has 0 aliphatic heterocycles. The molecule has 0 aliphatic carbocycles. The molecule has 0 saturated carbocycles. The molecular weight excluding hydrogens is 495 g/mol.